The molecule has 1 N–H and O–H groups in total. The summed E-state index contributed by atoms with van der Waals surface area (Å²) in [5, 5.41) is 9.27. The molecule has 0 saturated heterocycles. The molecule has 0 aliphatic carbocycles. The van der Waals surface area contributed by atoms with Crippen molar-refractivity contribution >= 4 is 0 Å². The van der Waals surface area contributed by atoms with E-state index in [4.69, 9.17) is 0 Å². The molecule has 13 heavy (non-hydrogen) atoms. The Morgan fingerprint density at radius 2 is 2.00 bits per heavy atom. The maximum Gasteiger partial charge on any atom is 0.0552 e. The number of benzene rings is 1. The van der Waals surface area contributed by atoms with E-state index in [1.54, 1.807) is 0 Å². The number of rotatable bonds is 4. The molecule has 0 spiro atoms. The molecular formula is C12H16O. The average Bonchev–Trinajstić information content (AvgIpc) is 2.08. The van der Waals surface area contributed by atoms with Gasteiger partial charge in [-0.2, -0.15) is 0 Å². The van der Waals surface area contributed by atoms with Crippen LogP contribution < -0.4 is 0 Å². The van der Waals surface area contributed by atoms with Crippen molar-refractivity contribution in [2.45, 2.75) is 25.9 Å². The topological polar surface area (TPSA) is 20.2 Å². The van der Waals surface area contributed by atoms with Crippen molar-refractivity contribution in [2.75, 3.05) is 0 Å². The largest absolute Gasteiger partial charge is 0.393 e. The van der Waals surface area contributed by atoms with Crippen LogP contribution in [0.4, 0.5) is 0 Å². The molecule has 0 fully saturated rings. The van der Waals surface area contributed by atoms with Crippen LogP contribution in [-0.2, 0) is 12.8 Å². The van der Waals surface area contributed by atoms with Crippen molar-refractivity contribution in [1.82, 2.24) is 0 Å². The number of aliphatic hydroxyl groups excluding tert-OH is 1. The Labute approximate surface area is 79.7 Å². The predicted octanol–water partition coefficient (Wildman–Crippen LogP) is 2.34. The molecule has 0 radical (unpaired) electrons. The highest BCUT2D eigenvalue weighted by Crippen LogP contribution is 2.12. The van der Waals surface area contributed by atoms with E-state index in [-0.39, 0.29) is 6.10 Å². The fourth-order valence-corrected chi connectivity index (χ4v) is 1.43. The van der Waals surface area contributed by atoms with E-state index in [0.29, 0.717) is 0 Å². The molecule has 1 rings (SSSR count). The van der Waals surface area contributed by atoms with Crippen molar-refractivity contribution in [1.29, 1.82) is 0 Å². The fraction of sp³-hybridized carbons (Fsp3) is 0.333. The lowest BCUT2D eigenvalue weighted by Crippen LogP contribution is -2.06. The Morgan fingerprint density at radius 1 is 1.38 bits per heavy atom. The highest BCUT2D eigenvalue weighted by atomic mass is 16.3. The summed E-state index contributed by atoms with van der Waals surface area (Å²) in [6.07, 6.45) is 3.22. The van der Waals surface area contributed by atoms with Gasteiger partial charge in [-0.25, -0.2) is 0 Å². The van der Waals surface area contributed by atoms with E-state index in [1.807, 2.05) is 25.1 Å². The molecule has 1 nitrogen and oxygen atoms in total. The van der Waals surface area contributed by atoms with Crippen molar-refractivity contribution in [3.63, 3.8) is 0 Å². The van der Waals surface area contributed by atoms with Crippen molar-refractivity contribution in [2.24, 2.45) is 0 Å². The van der Waals surface area contributed by atoms with Gasteiger partial charge in [0.05, 0.1) is 6.10 Å². The van der Waals surface area contributed by atoms with Gasteiger partial charge in [0.1, 0.15) is 0 Å². The summed E-state index contributed by atoms with van der Waals surface area (Å²) in [5.41, 5.74) is 2.48. The quantitative estimate of drug-likeness (QED) is 0.698. The van der Waals surface area contributed by atoms with Crippen LogP contribution in [0.25, 0.3) is 0 Å². The standard InChI is InChI=1S/C12H16O/c1-3-6-11-7-4-5-8-12(11)9-10(2)13/h3-5,7-8,10,13H,1,6,9H2,2H3. The second kappa shape index (κ2) is 4.83. The summed E-state index contributed by atoms with van der Waals surface area (Å²) in [5.74, 6) is 0. The maximum absolute atomic E-state index is 9.27. The lowest BCUT2D eigenvalue weighted by atomic mass is 10.00. The van der Waals surface area contributed by atoms with E-state index in [0.717, 1.165) is 12.8 Å². The molecule has 0 saturated carbocycles. The zero-order chi connectivity index (χ0) is 9.68. The van der Waals surface area contributed by atoms with Crippen molar-refractivity contribution in [3.8, 4) is 0 Å². The number of hydrogen-bond acceptors (Lipinski definition) is 1. The Bertz CT molecular complexity index is 276. The number of allylic oxidation sites excluding steroid dienone is 1. The van der Waals surface area contributed by atoms with Gasteiger partial charge in [-0.1, -0.05) is 30.3 Å². The number of aliphatic hydroxyl groups is 1. The van der Waals surface area contributed by atoms with Crippen LogP contribution in [0, 0.1) is 0 Å². The molecule has 1 atom stereocenters. The second-order valence-corrected chi connectivity index (χ2v) is 3.31. The molecule has 1 aromatic carbocycles. The van der Waals surface area contributed by atoms with Gasteiger partial charge in [-0.15, -0.1) is 6.58 Å². The van der Waals surface area contributed by atoms with Crippen LogP contribution in [0.1, 0.15) is 18.1 Å². The monoisotopic (exact) mass is 176 g/mol. The highest BCUT2D eigenvalue weighted by molar-refractivity contribution is 5.29. The molecule has 0 bridgehead atoms. The van der Waals surface area contributed by atoms with Crippen LogP contribution in [0.5, 0.6) is 0 Å². The van der Waals surface area contributed by atoms with Gasteiger partial charge in [-0.3, -0.25) is 0 Å². The summed E-state index contributed by atoms with van der Waals surface area (Å²) in [4.78, 5) is 0. The molecule has 1 heteroatoms. The van der Waals surface area contributed by atoms with Crippen LogP contribution >= 0.6 is 0 Å². The first-order valence-electron chi connectivity index (χ1n) is 4.59. The average molecular weight is 176 g/mol. The Hall–Kier alpha value is -1.08. The van der Waals surface area contributed by atoms with Gasteiger partial charge < -0.3 is 5.11 Å². The first kappa shape index (κ1) is 10.0. The molecule has 0 aliphatic rings. The van der Waals surface area contributed by atoms with E-state index in [9.17, 15) is 5.11 Å². The Morgan fingerprint density at radius 3 is 2.54 bits per heavy atom. The first-order valence-corrected chi connectivity index (χ1v) is 4.59. The third-order valence-electron chi connectivity index (χ3n) is 2.00. The van der Waals surface area contributed by atoms with Gasteiger partial charge in [-0.05, 0) is 30.9 Å². The lowest BCUT2D eigenvalue weighted by molar-refractivity contribution is 0.195. The van der Waals surface area contributed by atoms with E-state index in [2.05, 4.69) is 18.7 Å². The zero-order valence-corrected chi connectivity index (χ0v) is 8.03. The third-order valence-corrected chi connectivity index (χ3v) is 2.00. The van der Waals surface area contributed by atoms with Crippen LogP contribution in [0.2, 0.25) is 0 Å². The van der Waals surface area contributed by atoms with E-state index in [1.165, 1.54) is 11.1 Å². The van der Waals surface area contributed by atoms with Crippen LogP contribution in [0.3, 0.4) is 0 Å². The molecule has 0 aromatic heterocycles. The zero-order valence-electron chi connectivity index (χ0n) is 8.03. The normalized spacial score (nSPS) is 12.5. The summed E-state index contributed by atoms with van der Waals surface area (Å²) < 4.78 is 0. The predicted molar refractivity (Wildman–Crippen MR) is 55.7 cm³/mol. The molecular weight excluding hydrogens is 160 g/mol. The molecule has 70 valence electrons. The molecule has 1 aromatic rings. The lowest BCUT2D eigenvalue weighted by Gasteiger charge is -2.08. The van der Waals surface area contributed by atoms with Gasteiger partial charge in [0.25, 0.3) is 0 Å². The van der Waals surface area contributed by atoms with Crippen molar-refractivity contribution in [3.05, 3.63) is 48.0 Å². The molecule has 0 amide bonds. The third kappa shape index (κ3) is 3.03. The van der Waals surface area contributed by atoms with Gasteiger partial charge in [0.2, 0.25) is 0 Å². The SMILES string of the molecule is C=CCc1ccccc1CC(C)O. The van der Waals surface area contributed by atoms with Crippen LogP contribution in [-0.4, -0.2) is 11.2 Å². The maximum atomic E-state index is 9.27. The van der Waals surface area contributed by atoms with Gasteiger partial charge in [0, 0.05) is 0 Å². The fourth-order valence-electron chi connectivity index (χ4n) is 1.43. The second-order valence-electron chi connectivity index (χ2n) is 3.31. The molecule has 0 aliphatic heterocycles. The Balaban J connectivity index is 2.83. The highest BCUT2D eigenvalue weighted by Gasteiger charge is 2.02. The first-order chi connectivity index (χ1) is 6.24. The minimum absolute atomic E-state index is 0.272. The summed E-state index contributed by atoms with van der Waals surface area (Å²) in [7, 11) is 0. The smallest absolute Gasteiger partial charge is 0.0552 e. The van der Waals surface area contributed by atoms with E-state index < -0.39 is 0 Å². The summed E-state index contributed by atoms with van der Waals surface area (Å²) in [6, 6.07) is 8.17. The van der Waals surface area contributed by atoms with Crippen LogP contribution in [0.15, 0.2) is 36.9 Å². The minimum Gasteiger partial charge on any atom is -0.393 e. The van der Waals surface area contributed by atoms with E-state index >= 15 is 0 Å². The van der Waals surface area contributed by atoms with Gasteiger partial charge in [0.15, 0.2) is 0 Å². The number of hydrogen-bond donors (Lipinski definition) is 1. The van der Waals surface area contributed by atoms with Gasteiger partial charge >= 0.3 is 0 Å². The minimum atomic E-state index is -0.272. The van der Waals surface area contributed by atoms with Crippen molar-refractivity contribution < 1.29 is 5.11 Å². The molecule has 0 heterocycles. The summed E-state index contributed by atoms with van der Waals surface area (Å²) >= 11 is 0. The molecule has 1 unspecified atom stereocenters. The Kier molecular flexibility index (Phi) is 3.71. The summed E-state index contributed by atoms with van der Waals surface area (Å²) in [6.45, 7) is 5.52.